The summed E-state index contributed by atoms with van der Waals surface area (Å²) < 4.78 is 0.925. The van der Waals surface area contributed by atoms with Gasteiger partial charge in [0, 0.05) is 11.8 Å². The monoisotopic (exact) mass is 408 g/mol. The SMILES string of the molecule is O=C1/C(=C\C=C\c2ccccc2)N=C(c2ccccc2)N1c1nc2ncccc2s1. The van der Waals surface area contributed by atoms with Crippen molar-refractivity contribution in [2.24, 2.45) is 4.99 Å². The molecule has 2 aromatic carbocycles. The molecule has 1 aliphatic rings. The van der Waals surface area contributed by atoms with E-state index in [0.29, 0.717) is 22.3 Å². The number of hydrogen-bond acceptors (Lipinski definition) is 5. The highest BCUT2D eigenvalue weighted by Gasteiger charge is 2.34. The molecule has 5 nitrogen and oxygen atoms in total. The number of carbonyl (C=O) groups is 1. The highest BCUT2D eigenvalue weighted by molar-refractivity contribution is 7.22. The van der Waals surface area contributed by atoms with E-state index < -0.39 is 0 Å². The second kappa shape index (κ2) is 7.85. The number of anilines is 1. The number of amidine groups is 1. The largest absolute Gasteiger partial charge is 0.284 e. The van der Waals surface area contributed by atoms with Crippen molar-refractivity contribution in [2.75, 3.05) is 4.90 Å². The molecule has 0 N–H and O–H groups in total. The summed E-state index contributed by atoms with van der Waals surface area (Å²) in [4.78, 5) is 28.3. The summed E-state index contributed by atoms with van der Waals surface area (Å²) in [5, 5.41) is 0.562. The highest BCUT2D eigenvalue weighted by Crippen LogP contribution is 2.32. The smallest absolute Gasteiger partial charge is 0.266 e. The van der Waals surface area contributed by atoms with E-state index in [9.17, 15) is 4.79 Å². The van der Waals surface area contributed by atoms with Gasteiger partial charge in [0.05, 0.1) is 4.70 Å². The molecule has 0 spiro atoms. The lowest BCUT2D eigenvalue weighted by atomic mass is 10.2. The minimum atomic E-state index is -0.203. The maximum absolute atomic E-state index is 13.3. The fraction of sp³-hybridized carbons (Fsp3) is 0. The van der Waals surface area contributed by atoms with Gasteiger partial charge < -0.3 is 0 Å². The molecule has 1 amide bonds. The third-order valence-corrected chi connectivity index (χ3v) is 5.57. The predicted octanol–water partition coefficient (Wildman–Crippen LogP) is 5.08. The number of aliphatic imine (C=N–C) groups is 1. The zero-order valence-electron chi connectivity index (χ0n) is 15.8. The van der Waals surface area contributed by atoms with Crippen molar-refractivity contribution < 1.29 is 4.79 Å². The first-order valence-electron chi connectivity index (χ1n) is 9.43. The minimum Gasteiger partial charge on any atom is -0.266 e. The van der Waals surface area contributed by atoms with Gasteiger partial charge in [-0.15, -0.1) is 0 Å². The van der Waals surface area contributed by atoms with Crippen molar-refractivity contribution in [1.82, 2.24) is 9.97 Å². The Morgan fingerprint density at radius 3 is 2.43 bits per heavy atom. The maximum Gasteiger partial charge on any atom is 0.284 e. The number of nitrogens with zero attached hydrogens (tertiary/aromatic N) is 4. The standard InChI is InChI=1S/C24H16N4OS/c29-23-19(14-7-11-17-9-3-1-4-10-17)26-22(18-12-5-2-6-13-18)28(23)24-27-21-20(30-24)15-8-16-25-21/h1-16H/b11-7+,19-14+. The van der Waals surface area contributed by atoms with E-state index in [1.54, 1.807) is 17.2 Å². The summed E-state index contributed by atoms with van der Waals surface area (Å²) in [6.07, 6.45) is 7.23. The zero-order valence-corrected chi connectivity index (χ0v) is 16.7. The van der Waals surface area contributed by atoms with Gasteiger partial charge in [-0.05, 0) is 23.8 Å². The normalized spacial score (nSPS) is 15.5. The van der Waals surface area contributed by atoms with E-state index in [4.69, 9.17) is 0 Å². The van der Waals surface area contributed by atoms with E-state index in [-0.39, 0.29) is 5.91 Å². The molecule has 6 heteroatoms. The highest BCUT2D eigenvalue weighted by atomic mass is 32.1. The number of pyridine rings is 1. The molecule has 1 aliphatic heterocycles. The Balaban J connectivity index is 1.55. The fourth-order valence-corrected chi connectivity index (χ4v) is 4.08. The molecule has 3 heterocycles. The first-order valence-corrected chi connectivity index (χ1v) is 10.2. The molecular formula is C24H16N4OS. The second-order valence-electron chi connectivity index (χ2n) is 6.59. The number of hydrogen-bond donors (Lipinski definition) is 0. The van der Waals surface area contributed by atoms with Crippen LogP contribution in [-0.4, -0.2) is 21.7 Å². The van der Waals surface area contributed by atoms with Crippen molar-refractivity contribution in [3.63, 3.8) is 0 Å². The second-order valence-corrected chi connectivity index (χ2v) is 7.59. The van der Waals surface area contributed by atoms with Crippen LogP contribution in [0.1, 0.15) is 11.1 Å². The van der Waals surface area contributed by atoms with Crippen LogP contribution in [0.4, 0.5) is 5.13 Å². The van der Waals surface area contributed by atoms with Crippen molar-refractivity contribution in [1.29, 1.82) is 0 Å². The van der Waals surface area contributed by atoms with Gasteiger partial charge in [-0.1, -0.05) is 84.2 Å². The molecule has 0 unspecified atom stereocenters. The predicted molar refractivity (Wildman–Crippen MR) is 121 cm³/mol. The van der Waals surface area contributed by atoms with Crippen LogP contribution in [0.2, 0.25) is 0 Å². The summed E-state index contributed by atoms with van der Waals surface area (Å²) in [6.45, 7) is 0. The summed E-state index contributed by atoms with van der Waals surface area (Å²) in [5.74, 6) is 0.365. The first-order chi connectivity index (χ1) is 14.8. The number of benzene rings is 2. The van der Waals surface area contributed by atoms with Gasteiger partial charge in [0.2, 0.25) is 5.13 Å². The van der Waals surface area contributed by atoms with Crippen LogP contribution in [0.3, 0.4) is 0 Å². The zero-order chi connectivity index (χ0) is 20.3. The topological polar surface area (TPSA) is 58.5 Å². The lowest BCUT2D eigenvalue weighted by molar-refractivity contribution is -0.113. The molecule has 144 valence electrons. The molecule has 0 aliphatic carbocycles. The molecule has 5 rings (SSSR count). The van der Waals surface area contributed by atoms with E-state index in [1.165, 1.54) is 11.3 Å². The average Bonchev–Trinajstić information content (AvgIpc) is 3.36. The molecule has 2 aromatic heterocycles. The van der Waals surface area contributed by atoms with Gasteiger partial charge in [0.15, 0.2) is 5.65 Å². The fourth-order valence-electron chi connectivity index (χ4n) is 3.16. The van der Waals surface area contributed by atoms with Crippen LogP contribution in [0.5, 0.6) is 0 Å². The van der Waals surface area contributed by atoms with Gasteiger partial charge in [-0.2, -0.15) is 4.98 Å². The van der Waals surface area contributed by atoms with Crippen LogP contribution in [0.15, 0.2) is 102 Å². The summed E-state index contributed by atoms with van der Waals surface area (Å²) in [7, 11) is 0. The van der Waals surface area contributed by atoms with Crippen molar-refractivity contribution in [3.8, 4) is 0 Å². The number of thiazole rings is 1. The lowest BCUT2D eigenvalue weighted by Crippen LogP contribution is -2.32. The summed E-state index contributed by atoms with van der Waals surface area (Å²) in [6, 6.07) is 23.4. The number of rotatable bonds is 4. The number of allylic oxidation sites excluding steroid dienone is 2. The van der Waals surface area contributed by atoms with E-state index in [0.717, 1.165) is 15.8 Å². The molecular weight excluding hydrogens is 392 g/mol. The first kappa shape index (κ1) is 18.1. The minimum absolute atomic E-state index is 0.203. The Bertz CT molecular complexity index is 1270. The van der Waals surface area contributed by atoms with E-state index in [2.05, 4.69) is 15.0 Å². The summed E-state index contributed by atoms with van der Waals surface area (Å²) >= 11 is 1.42. The molecule has 30 heavy (non-hydrogen) atoms. The Morgan fingerprint density at radius 2 is 1.67 bits per heavy atom. The number of carbonyl (C=O) groups excluding carboxylic acids is 1. The number of amides is 1. The number of fused-ring (bicyclic) bond motifs is 1. The van der Waals surface area contributed by atoms with Crippen LogP contribution < -0.4 is 4.90 Å². The molecule has 0 saturated heterocycles. The Morgan fingerprint density at radius 1 is 0.900 bits per heavy atom. The van der Waals surface area contributed by atoms with Crippen LogP contribution in [0, 0.1) is 0 Å². The van der Waals surface area contributed by atoms with Crippen molar-refractivity contribution >= 4 is 44.6 Å². The lowest BCUT2D eigenvalue weighted by Gasteiger charge is -2.14. The third-order valence-electron chi connectivity index (χ3n) is 4.58. The van der Waals surface area contributed by atoms with Gasteiger partial charge >= 0.3 is 0 Å². The molecule has 4 aromatic rings. The van der Waals surface area contributed by atoms with Crippen molar-refractivity contribution in [2.45, 2.75) is 0 Å². The van der Waals surface area contributed by atoms with Gasteiger partial charge in [-0.3, -0.25) is 4.79 Å². The van der Waals surface area contributed by atoms with Crippen LogP contribution >= 0.6 is 11.3 Å². The van der Waals surface area contributed by atoms with Gasteiger partial charge in [0.25, 0.3) is 5.91 Å². The third kappa shape index (κ3) is 3.44. The Hall–Kier alpha value is -3.90. The average molecular weight is 408 g/mol. The Kier molecular flexibility index (Phi) is 4.75. The summed E-state index contributed by atoms with van der Waals surface area (Å²) in [5.41, 5.74) is 2.90. The van der Waals surface area contributed by atoms with E-state index in [1.807, 2.05) is 84.9 Å². The van der Waals surface area contributed by atoms with Gasteiger partial charge in [-0.25, -0.2) is 14.9 Å². The van der Waals surface area contributed by atoms with E-state index >= 15 is 0 Å². The molecule has 0 atom stereocenters. The molecule has 0 fully saturated rings. The van der Waals surface area contributed by atoms with Crippen LogP contribution in [0.25, 0.3) is 16.4 Å². The number of aromatic nitrogens is 2. The van der Waals surface area contributed by atoms with Gasteiger partial charge in [0.1, 0.15) is 11.5 Å². The molecule has 0 saturated carbocycles. The maximum atomic E-state index is 13.3. The molecule has 0 radical (unpaired) electrons. The quantitative estimate of drug-likeness (QED) is 0.442. The van der Waals surface area contributed by atoms with Crippen molar-refractivity contribution in [3.05, 3.63) is 108 Å². The Labute approximate surface area is 177 Å². The molecule has 0 bridgehead atoms. The van der Waals surface area contributed by atoms with Crippen LogP contribution in [-0.2, 0) is 4.79 Å².